The Morgan fingerprint density at radius 1 is 1.12 bits per heavy atom. The molecule has 1 N–H and O–H groups in total. The monoisotopic (exact) mass is 452 g/mol. The minimum absolute atomic E-state index is 0.123. The van der Waals surface area contributed by atoms with Crippen molar-refractivity contribution < 1.29 is 27.6 Å². The number of carbonyl (C=O) groups is 1. The second-order valence-corrected chi connectivity index (χ2v) is 7.44. The first-order chi connectivity index (χ1) is 15.2. The van der Waals surface area contributed by atoms with Crippen molar-refractivity contribution in [1.29, 1.82) is 0 Å². The quantitative estimate of drug-likeness (QED) is 0.512. The second kappa shape index (κ2) is 9.96. The molecule has 0 spiro atoms. The number of hydrogen-bond donors (Lipinski definition) is 1. The zero-order valence-electron chi connectivity index (χ0n) is 17.4. The van der Waals surface area contributed by atoms with Gasteiger partial charge in [-0.05, 0) is 17.7 Å². The van der Waals surface area contributed by atoms with E-state index in [9.17, 15) is 28.1 Å². The van der Waals surface area contributed by atoms with Crippen molar-refractivity contribution in [2.24, 2.45) is 0 Å². The fraction of sp³-hybridized carbons (Fsp3) is 0.381. The molecule has 2 aromatic rings. The number of rotatable bonds is 7. The van der Waals surface area contributed by atoms with Gasteiger partial charge in [0.25, 0.3) is 5.69 Å². The van der Waals surface area contributed by atoms with Crippen LogP contribution in [0.5, 0.6) is 5.75 Å². The van der Waals surface area contributed by atoms with Crippen molar-refractivity contribution in [3.05, 3.63) is 63.7 Å². The standard InChI is InChI=1S/C21H23F3N4O4/c1-32-19-12-17(28(30)31)5-6-18(19)25-20(29)14-27-9-7-26(8-10-27)13-15-3-2-4-16(11-15)21(22,23)24/h2-6,11-12H,7-10,13-14H2,1H3,(H,25,29). The molecule has 1 heterocycles. The van der Waals surface area contributed by atoms with E-state index in [1.807, 2.05) is 9.80 Å². The van der Waals surface area contributed by atoms with E-state index in [2.05, 4.69) is 5.32 Å². The maximum atomic E-state index is 12.9. The highest BCUT2D eigenvalue weighted by Crippen LogP contribution is 2.30. The molecule has 0 aromatic heterocycles. The number of nitrogens with one attached hydrogen (secondary N) is 1. The van der Waals surface area contributed by atoms with Gasteiger partial charge in [-0.3, -0.25) is 24.7 Å². The minimum atomic E-state index is -4.37. The number of ether oxygens (including phenoxy) is 1. The average Bonchev–Trinajstić information content (AvgIpc) is 2.75. The van der Waals surface area contributed by atoms with Gasteiger partial charge in [0.2, 0.25) is 5.91 Å². The highest BCUT2D eigenvalue weighted by atomic mass is 19.4. The number of benzene rings is 2. The van der Waals surface area contributed by atoms with Gasteiger partial charge in [-0.2, -0.15) is 13.2 Å². The van der Waals surface area contributed by atoms with Crippen LogP contribution >= 0.6 is 0 Å². The molecule has 0 saturated carbocycles. The number of nitro benzene ring substituents is 1. The van der Waals surface area contributed by atoms with Gasteiger partial charge < -0.3 is 10.1 Å². The number of halogens is 3. The molecule has 0 aliphatic carbocycles. The van der Waals surface area contributed by atoms with Crippen molar-refractivity contribution in [1.82, 2.24) is 9.80 Å². The topological polar surface area (TPSA) is 87.9 Å². The van der Waals surface area contributed by atoms with Gasteiger partial charge in [-0.25, -0.2) is 0 Å². The predicted octanol–water partition coefficient (Wildman–Crippen LogP) is 3.38. The zero-order valence-corrected chi connectivity index (χ0v) is 17.4. The van der Waals surface area contributed by atoms with E-state index in [-0.39, 0.29) is 23.9 Å². The van der Waals surface area contributed by atoms with Crippen LogP contribution in [-0.2, 0) is 17.5 Å². The number of amides is 1. The zero-order chi connectivity index (χ0) is 23.3. The average molecular weight is 452 g/mol. The Balaban J connectivity index is 1.50. The first-order valence-corrected chi connectivity index (χ1v) is 9.89. The van der Waals surface area contributed by atoms with Crippen molar-refractivity contribution in [2.75, 3.05) is 45.2 Å². The van der Waals surface area contributed by atoms with E-state index < -0.39 is 16.7 Å². The molecule has 3 rings (SSSR count). The van der Waals surface area contributed by atoms with Crippen LogP contribution in [-0.4, -0.2) is 60.5 Å². The molecular formula is C21H23F3N4O4. The SMILES string of the molecule is COc1cc([N+](=O)[O-])ccc1NC(=O)CN1CCN(Cc2cccc(C(F)(F)F)c2)CC1. The summed E-state index contributed by atoms with van der Waals surface area (Å²) in [7, 11) is 1.36. The van der Waals surface area contributed by atoms with Crippen LogP contribution in [0.25, 0.3) is 0 Å². The third kappa shape index (κ3) is 6.17. The molecule has 1 aliphatic rings. The van der Waals surface area contributed by atoms with Gasteiger partial charge in [0.15, 0.2) is 0 Å². The largest absolute Gasteiger partial charge is 0.494 e. The lowest BCUT2D eigenvalue weighted by molar-refractivity contribution is -0.384. The molecule has 1 fully saturated rings. The minimum Gasteiger partial charge on any atom is -0.494 e. The van der Waals surface area contributed by atoms with E-state index in [1.54, 1.807) is 6.07 Å². The molecule has 0 unspecified atom stereocenters. The van der Waals surface area contributed by atoms with E-state index in [0.29, 0.717) is 44.0 Å². The maximum absolute atomic E-state index is 12.9. The summed E-state index contributed by atoms with van der Waals surface area (Å²) in [5.41, 5.74) is 0.131. The Morgan fingerprint density at radius 2 is 1.81 bits per heavy atom. The smallest absolute Gasteiger partial charge is 0.416 e. The normalized spacial score (nSPS) is 15.4. The van der Waals surface area contributed by atoms with E-state index in [0.717, 1.165) is 12.1 Å². The number of alkyl halides is 3. The fourth-order valence-electron chi connectivity index (χ4n) is 3.50. The number of hydrogen-bond acceptors (Lipinski definition) is 6. The second-order valence-electron chi connectivity index (χ2n) is 7.44. The Bertz CT molecular complexity index is 976. The Morgan fingerprint density at radius 3 is 2.44 bits per heavy atom. The molecule has 2 aromatic carbocycles. The van der Waals surface area contributed by atoms with Crippen LogP contribution in [0.3, 0.4) is 0 Å². The van der Waals surface area contributed by atoms with Crippen molar-refractivity contribution in [3.8, 4) is 5.75 Å². The highest BCUT2D eigenvalue weighted by molar-refractivity contribution is 5.93. The summed E-state index contributed by atoms with van der Waals surface area (Å²) < 4.78 is 43.8. The van der Waals surface area contributed by atoms with E-state index in [1.165, 1.54) is 31.4 Å². The maximum Gasteiger partial charge on any atom is 0.416 e. The van der Waals surface area contributed by atoms with Crippen LogP contribution < -0.4 is 10.1 Å². The first-order valence-electron chi connectivity index (χ1n) is 9.89. The van der Waals surface area contributed by atoms with Crippen LogP contribution in [0.15, 0.2) is 42.5 Å². The molecule has 8 nitrogen and oxygen atoms in total. The number of carbonyl (C=O) groups excluding carboxylic acids is 1. The molecule has 1 aliphatic heterocycles. The number of anilines is 1. The fourth-order valence-corrected chi connectivity index (χ4v) is 3.50. The van der Waals surface area contributed by atoms with Crippen molar-refractivity contribution in [2.45, 2.75) is 12.7 Å². The first kappa shape index (κ1) is 23.5. The number of methoxy groups -OCH3 is 1. The van der Waals surface area contributed by atoms with Crippen LogP contribution in [0.2, 0.25) is 0 Å². The highest BCUT2D eigenvalue weighted by Gasteiger charge is 2.30. The van der Waals surface area contributed by atoms with Gasteiger partial charge in [0, 0.05) is 38.8 Å². The van der Waals surface area contributed by atoms with E-state index >= 15 is 0 Å². The molecule has 0 bridgehead atoms. The predicted molar refractivity (Wildman–Crippen MR) is 111 cm³/mol. The molecule has 0 atom stereocenters. The summed E-state index contributed by atoms with van der Waals surface area (Å²) in [6, 6.07) is 9.24. The Kier molecular flexibility index (Phi) is 7.31. The van der Waals surface area contributed by atoms with Gasteiger partial charge in [0.1, 0.15) is 5.75 Å². The van der Waals surface area contributed by atoms with Gasteiger partial charge in [-0.1, -0.05) is 18.2 Å². The molecule has 1 saturated heterocycles. The summed E-state index contributed by atoms with van der Waals surface area (Å²) in [6.45, 7) is 2.93. The van der Waals surface area contributed by atoms with Crippen molar-refractivity contribution in [3.63, 3.8) is 0 Å². The third-order valence-electron chi connectivity index (χ3n) is 5.16. The summed E-state index contributed by atoms with van der Waals surface area (Å²) in [4.78, 5) is 26.7. The van der Waals surface area contributed by atoms with Gasteiger partial charge in [-0.15, -0.1) is 0 Å². The van der Waals surface area contributed by atoms with Gasteiger partial charge >= 0.3 is 6.18 Å². The molecule has 172 valence electrons. The number of non-ortho nitro benzene ring substituents is 1. The summed E-state index contributed by atoms with van der Waals surface area (Å²) in [6.07, 6.45) is -4.37. The summed E-state index contributed by atoms with van der Waals surface area (Å²) in [5.74, 6) is -0.0954. The molecular weight excluding hydrogens is 429 g/mol. The lowest BCUT2D eigenvalue weighted by atomic mass is 10.1. The lowest BCUT2D eigenvalue weighted by Gasteiger charge is -2.34. The van der Waals surface area contributed by atoms with Crippen molar-refractivity contribution >= 4 is 17.3 Å². The van der Waals surface area contributed by atoms with E-state index in [4.69, 9.17) is 4.74 Å². The summed E-state index contributed by atoms with van der Waals surface area (Å²) in [5, 5.41) is 13.6. The molecule has 0 radical (unpaired) electrons. The molecule has 11 heteroatoms. The van der Waals surface area contributed by atoms with Gasteiger partial charge in [0.05, 0.1) is 35.9 Å². The van der Waals surface area contributed by atoms with Crippen LogP contribution in [0.4, 0.5) is 24.5 Å². The Labute approximate surface area is 182 Å². The molecule has 1 amide bonds. The van der Waals surface area contributed by atoms with Crippen LogP contribution in [0.1, 0.15) is 11.1 Å². The number of piperazine rings is 1. The number of nitrogens with zero attached hydrogens (tertiary/aromatic N) is 3. The molecule has 32 heavy (non-hydrogen) atoms. The lowest BCUT2D eigenvalue weighted by Crippen LogP contribution is -2.48. The Hall–Kier alpha value is -3.18. The number of nitro groups is 1. The van der Waals surface area contributed by atoms with Crippen LogP contribution in [0, 0.1) is 10.1 Å². The summed E-state index contributed by atoms with van der Waals surface area (Å²) >= 11 is 0. The third-order valence-corrected chi connectivity index (χ3v) is 5.16.